The number of nitrogens with one attached hydrogen (secondary N) is 1. The largest absolute Gasteiger partial charge is 0.256 e. The molecule has 0 aliphatic carbocycles. The van der Waals surface area contributed by atoms with Gasteiger partial charge in [-0.2, -0.15) is 5.53 Å². The minimum atomic E-state index is 1.04. The van der Waals surface area contributed by atoms with Crippen molar-refractivity contribution in [1.82, 2.24) is 9.35 Å². The zero-order valence-corrected chi connectivity index (χ0v) is 4.21. The highest BCUT2D eigenvalue weighted by atomic mass is 32.2. The van der Waals surface area contributed by atoms with Gasteiger partial charge in [0.05, 0.1) is 0 Å². The molecule has 0 saturated carbocycles. The highest BCUT2D eigenvalue weighted by Gasteiger charge is 1.72. The van der Waals surface area contributed by atoms with Crippen LogP contribution in [0.1, 0.15) is 0 Å². The van der Waals surface area contributed by atoms with Crippen molar-refractivity contribution < 1.29 is 0 Å². The lowest BCUT2D eigenvalue weighted by Crippen LogP contribution is -2.28. The van der Waals surface area contributed by atoms with Crippen LogP contribution in [0.5, 0.6) is 0 Å². The minimum absolute atomic E-state index is 1.04. The van der Waals surface area contributed by atoms with E-state index >= 15 is 0 Å². The molecule has 0 saturated heterocycles. The van der Waals surface area contributed by atoms with E-state index < -0.39 is 0 Å². The summed E-state index contributed by atoms with van der Waals surface area (Å²) in [5, 5.41) is 0. The molecule has 0 aliphatic heterocycles. The van der Waals surface area contributed by atoms with Crippen LogP contribution in [0.25, 0.3) is 0 Å². The molecule has 0 aromatic rings. The molecular weight excluding hydrogens is 106 g/mol. The first-order valence-electron chi connectivity index (χ1n) is 0.912. The Balaban J connectivity index is 2.54. The smallest absolute Gasteiger partial charge is 0.0669 e. The molecule has 3 N–H and O–H groups in total. The zero-order chi connectivity index (χ0) is 4.28. The number of nitrogens with two attached hydrogens (primary N) is 1. The summed E-state index contributed by atoms with van der Waals surface area (Å²) in [4.78, 5) is 0. The summed E-state index contributed by atoms with van der Waals surface area (Å²) >= 11 is 7.12. The Labute approximate surface area is 41.5 Å². The Morgan fingerprint density at radius 2 is 1.80 bits per heavy atom. The molecule has 0 aromatic carbocycles. The van der Waals surface area contributed by atoms with Crippen molar-refractivity contribution >= 4 is 25.6 Å². The molecule has 0 aliphatic rings. The van der Waals surface area contributed by atoms with Gasteiger partial charge in [-0.3, -0.25) is 5.84 Å². The van der Waals surface area contributed by atoms with Crippen molar-refractivity contribution in [3.63, 3.8) is 0 Å². The summed E-state index contributed by atoms with van der Waals surface area (Å²) in [5.74, 6) is 4.69. The molecule has 3 nitrogen and oxygen atoms in total. The average Bonchev–Trinajstić information content (AvgIpc) is 1.38. The van der Waals surface area contributed by atoms with Gasteiger partial charge < -0.3 is 0 Å². The van der Waals surface area contributed by atoms with E-state index in [0.717, 1.165) is 3.82 Å². The van der Waals surface area contributed by atoms with Gasteiger partial charge in [0, 0.05) is 0 Å². The van der Waals surface area contributed by atoms with Gasteiger partial charge in [0.1, 0.15) is 0 Å². The molecule has 5 heavy (non-hydrogen) atoms. The molecule has 0 fully saturated rings. The number of nitrogens with zero attached hydrogens (tertiary/aromatic N) is 1. The summed E-state index contributed by atoms with van der Waals surface area (Å²) in [5.41, 5.74) is 2.09. The van der Waals surface area contributed by atoms with Crippen molar-refractivity contribution in [3.8, 4) is 0 Å². The third kappa shape index (κ3) is 4.58. The summed E-state index contributed by atoms with van der Waals surface area (Å²) in [6.45, 7) is 0. The average molecular weight is 111 g/mol. The molecule has 32 valence electrons. The van der Waals surface area contributed by atoms with Crippen LogP contribution in [0, 0.1) is 0 Å². The molecule has 0 unspecified atom stereocenters. The van der Waals surface area contributed by atoms with Crippen LogP contribution >= 0.6 is 25.6 Å². The van der Waals surface area contributed by atoms with Crippen LogP contribution in [-0.4, -0.2) is 3.82 Å². The normalized spacial score (nSPS) is 9.60. The van der Waals surface area contributed by atoms with Crippen molar-refractivity contribution in [2.24, 2.45) is 5.84 Å². The maximum Gasteiger partial charge on any atom is -0.0669 e. The monoisotopic (exact) mass is 111 g/mol. The molecule has 0 aromatic heterocycles. The van der Waals surface area contributed by atoms with E-state index in [-0.39, 0.29) is 0 Å². The number of hydrogen-bond donors (Lipinski definition) is 4. The number of thiol groups is 2. The summed E-state index contributed by atoms with van der Waals surface area (Å²) in [7, 11) is 0. The Hall–Kier alpha value is 0.580. The first kappa shape index (κ1) is 5.58. The molecule has 0 heterocycles. The van der Waals surface area contributed by atoms with E-state index in [4.69, 9.17) is 5.84 Å². The highest BCUT2D eigenvalue weighted by Crippen LogP contribution is 1.83. The Bertz CT molecular complexity index is 18.9. The second-order valence-electron chi connectivity index (χ2n) is 0.419. The Morgan fingerprint density at radius 3 is 1.80 bits per heavy atom. The van der Waals surface area contributed by atoms with Gasteiger partial charge in [-0.15, -0.1) is 3.82 Å². The van der Waals surface area contributed by atoms with E-state index in [1.165, 1.54) is 0 Å². The van der Waals surface area contributed by atoms with E-state index in [1.54, 1.807) is 0 Å². The Morgan fingerprint density at radius 1 is 1.60 bits per heavy atom. The summed E-state index contributed by atoms with van der Waals surface area (Å²) in [6, 6.07) is 0. The van der Waals surface area contributed by atoms with Gasteiger partial charge >= 0.3 is 0 Å². The predicted octanol–water partition coefficient (Wildman–Crippen LogP) is -0.644. The molecule has 0 amide bonds. The molecule has 0 atom stereocenters. The fraction of sp³-hybridized carbons (Fsp3) is 0. The van der Waals surface area contributed by atoms with Crippen molar-refractivity contribution in [1.29, 1.82) is 0 Å². The predicted molar refractivity (Wildman–Crippen MR) is 27.1 cm³/mol. The van der Waals surface area contributed by atoms with Gasteiger partial charge in [0.25, 0.3) is 0 Å². The Kier molecular flexibility index (Phi) is 3.12. The van der Waals surface area contributed by atoms with Gasteiger partial charge in [-0.1, -0.05) is 25.6 Å². The maximum absolute atomic E-state index is 4.69. The second-order valence-corrected chi connectivity index (χ2v) is 1.53. The van der Waals surface area contributed by atoms with Crippen molar-refractivity contribution in [2.45, 2.75) is 0 Å². The topological polar surface area (TPSA) is 41.3 Å². The van der Waals surface area contributed by atoms with Crippen LogP contribution in [0.3, 0.4) is 0 Å². The summed E-state index contributed by atoms with van der Waals surface area (Å²) in [6.07, 6.45) is 0. The van der Waals surface area contributed by atoms with Crippen LogP contribution in [0.4, 0.5) is 0 Å². The lowest BCUT2D eigenvalue weighted by Gasteiger charge is -1.98. The molecule has 5 heteroatoms. The summed E-state index contributed by atoms with van der Waals surface area (Å²) < 4.78 is 1.04. The van der Waals surface area contributed by atoms with Crippen LogP contribution in [0.2, 0.25) is 0 Å². The second kappa shape index (κ2) is 2.80. The minimum Gasteiger partial charge on any atom is -0.256 e. The van der Waals surface area contributed by atoms with E-state index in [9.17, 15) is 0 Å². The lowest BCUT2D eigenvalue weighted by atomic mass is 12.6. The van der Waals surface area contributed by atoms with E-state index in [0.29, 0.717) is 0 Å². The molecule has 0 rings (SSSR count). The standard InChI is InChI=1S/H5N3S2/c1-2-3(4)5/h2,4-5H,1H2. The van der Waals surface area contributed by atoms with Gasteiger partial charge in [-0.05, 0) is 0 Å². The number of hydrogen-bond acceptors (Lipinski definition) is 5. The first-order valence-corrected chi connectivity index (χ1v) is 1.71. The molecule has 0 spiro atoms. The van der Waals surface area contributed by atoms with Crippen LogP contribution < -0.4 is 11.4 Å². The molecule has 0 radical (unpaired) electrons. The van der Waals surface area contributed by atoms with Gasteiger partial charge in [0.15, 0.2) is 0 Å². The van der Waals surface area contributed by atoms with Crippen molar-refractivity contribution in [3.05, 3.63) is 0 Å². The number of rotatable bonds is 1. The van der Waals surface area contributed by atoms with Gasteiger partial charge in [0.2, 0.25) is 0 Å². The zero-order valence-electron chi connectivity index (χ0n) is 2.42. The van der Waals surface area contributed by atoms with Crippen molar-refractivity contribution in [2.75, 3.05) is 0 Å². The lowest BCUT2D eigenvalue weighted by molar-refractivity contribution is 0.569. The molecular formula is H5N3S2. The number of hydrazine groups is 2. The third-order valence-corrected chi connectivity index (χ3v) is 0.346. The fourth-order valence-electron chi connectivity index (χ4n) is 0. The first-order chi connectivity index (χ1) is 2.27. The van der Waals surface area contributed by atoms with Gasteiger partial charge in [-0.25, -0.2) is 0 Å². The fourth-order valence-corrected chi connectivity index (χ4v) is 0. The van der Waals surface area contributed by atoms with Crippen LogP contribution in [0.15, 0.2) is 0 Å². The maximum atomic E-state index is 4.69. The van der Waals surface area contributed by atoms with E-state index in [2.05, 4.69) is 31.2 Å². The SMILES string of the molecule is NNN(S)S. The van der Waals surface area contributed by atoms with E-state index in [1.807, 2.05) is 0 Å². The highest BCUT2D eigenvalue weighted by molar-refractivity contribution is 7.93. The third-order valence-electron chi connectivity index (χ3n) is 0.115. The van der Waals surface area contributed by atoms with Crippen LogP contribution in [-0.2, 0) is 0 Å². The quantitative estimate of drug-likeness (QED) is 0.207. The molecule has 0 bridgehead atoms.